The van der Waals surface area contributed by atoms with Crippen LogP contribution in [0.4, 0.5) is 8.78 Å². The Hall–Kier alpha value is -7.27. The summed E-state index contributed by atoms with van der Waals surface area (Å²) in [6.45, 7) is 10.0. The summed E-state index contributed by atoms with van der Waals surface area (Å²) in [5.74, 6) is 2.99. The van der Waals surface area contributed by atoms with E-state index >= 15 is 8.78 Å². The summed E-state index contributed by atoms with van der Waals surface area (Å²) in [7, 11) is 3.15. The van der Waals surface area contributed by atoms with E-state index in [4.69, 9.17) is 28.4 Å². The van der Waals surface area contributed by atoms with Crippen molar-refractivity contribution in [2.45, 2.75) is 46.5 Å². The lowest BCUT2D eigenvalue weighted by atomic mass is 9.98. The van der Waals surface area contributed by atoms with Gasteiger partial charge in [0.15, 0.2) is 46.1 Å². The molecular formula is C50H52F2N8O7. The molecule has 3 N–H and O–H groups in total. The molecule has 0 aliphatic carbocycles. The lowest BCUT2D eigenvalue weighted by Crippen LogP contribution is -2.38. The minimum Gasteiger partial charge on any atom is -0.493 e. The summed E-state index contributed by atoms with van der Waals surface area (Å²) in [6.07, 6.45) is 6.75. The number of hydrogen-bond donors (Lipinski definition) is 3. The number of aromatic amines is 2. The second-order valence-electron chi connectivity index (χ2n) is 16.9. The number of hydrogen-bond acceptors (Lipinski definition) is 12. The number of methoxy groups -OCH3 is 2. The number of carbonyl (C=O) groups excluding carboxylic acids is 1. The standard InChI is InChI=1S/C26H27FN4O4.C24H25FN4O3/c1-15-10-18-20(30-15)4-5-22(25(18)27)35-26-19-11-23(33-3)24(12-21(19)28-14-29-26)34-13-17-6-8-31(9-7-17)16(2)32;1-14-9-16-18(29-14)3-4-20(23(16)25)32-24-17-10-21(30-2)22(11-19(17)27-13-28-24)31-12-15-5-7-26-8-6-15/h4-5,10-12,14,17,30H,6-9,13H2,1-3H3;3-4,9-11,13,15,26,29H,5-8,12H2,1-2H3. The summed E-state index contributed by atoms with van der Waals surface area (Å²) in [5, 5.41) is 5.49. The minimum atomic E-state index is -0.457. The zero-order chi connectivity index (χ0) is 46.6. The number of aryl methyl sites for hydroxylation is 2. The van der Waals surface area contributed by atoms with Gasteiger partial charge in [-0.05, 0) is 113 Å². The van der Waals surface area contributed by atoms with Gasteiger partial charge >= 0.3 is 0 Å². The Morgan fingerprint density at radius 2 is 1.07 bits per heavy atom. The van der Waals surface area contributed by atoms with Crippen LogP contribution in [-0.2, 0) is 4.79 Å². The highest BCUT2D eigenvalue weighted by Crippen LogP contribution is 2.40. The number of nitrogens with zero attached hydrogens (tertiary/aromatic N) is 5. The molecule has 348 valence electrons. The van der Waals surface area contributed by atoms with Gasteiger partial charge in [-0.15, -0.1) is 0 Å². The molecule has 0 spiro atoms. The molecule has 0 bridgehead atoms. The molecule has 4 aromatic heterocycles. The fraction of sp³-hybridized carbons (Fsp3) is 0.340. The highest BCUT2D eigenvalue weighted by molar-refractivity contribution is 5.89. The molecule has 17 heteroatoms. The molecule has 0 radical (unpaired) electrons. The summed E-state index contributed by atoms with van der Waals surface area (Å²) >= 11 is 0. The second kappa shape index (κ2) is 19.7. The first-order chi connectivity index (χ1) is 32.5. The number of ether oxygens (including phenoxy) is 6. The maximum Gasteiger partial charge on any atom is 0.230 e. The van der Waals surface area contributed by atoms with Gasteiger partial charge in [-0.2, -0.15) is 0 Å². The van der Waals surface area contributed by atoms with E-state index in [1.807, 2.05) is 24.8 Å². The van der Waals surface area contributed by atoms with E-state index in [1.54, 1.807) is 75.7 Å². The van der Waals surface area contributed by atoms with Gasteiger partial charge in [0, 0.05) is 65.3 Å². The predicted molar refractivity (Wildman–Crippen MR) is 250 cm³/mol. The monoisotopic (exact) mass is 914 g/mol. The molecule has 2 saturated heterocycles. The van der Waals surface area contributed by atoms with Gasteiger partial charge in [-0.3, -0.25) is 4.79 Å². The fourth-order valence-corrected chi connectivity index (χ4v) is 8.61. The third-order valence-corrected chi connectivity index (χ3v) is 12.3. The molecule has 0 unspecified atom stereocenters. The van der Waals surface area contributed by atoms with E-state index in [2.05, 4.69) is 35.2 Å². The third kappa shape index (κ3) is 9.82. The number of benzene rings is 4. The number of H-pyrrole nitrogens is 2. The summed E-state index contributed by atoms with van der Waals surface area (Å²) in [5.41, 5.74) is 4.40. The molecule has 2 fully saturated rings. The lowest BCUT2D eigenvalue weighted by Gasteiger charge is -2.31. The van der Waals surface area contributed by atoms with Crippen molar-refractivity contribution >= 4 is 49.5 Å². The number of carbonyl (C=O) groups is 1. The highest BCUT2D eigenvalue weighted by atomic mass is 19.1. The Morgan fingerprint density at radius 1 is 0.612 bits per heavy atom. The third-order valence-electron chi connectivity index (χ3n) is 12.3. The average molecular weight is 915 g/mol. The number of piperidine rings is 2. The molecular weight excluding hydrogens is 863 g/mol. The van der Waals surface area contributed by atoms with E-state index in [0.29, 0.717) is 86.1 Å². The van der Waals surface area contributed by atoms with Crippen LogP contribution in [0.25, 0.3) is 43.6 Å². The van der Waals surface area contributed by atoms with Crippen LogP contribution in [0, 0.1) is 37.3 Å². The van der Waals surface area contributed by atoms with Gasteiger partial charge in [0.05, 0.1) is 49.2 Å². The number of amides is 1. The van der Waals surface area contributed by atoms with Crippen molar-refractivity contribution in [2.24, 2.45) is 11.8 Å². The van der Waals surface area contributed by atoms with Crippen LogP contribution in [0.5, 0.6) is 46.3 Å². The van der Waals surface area contributed by atoms with Crippen molar-refractivity contribution < 1.29 is 42.0 Å². The largest absolute Gasteiger partial charge is 0.493 e. The number of fused-ring (bicyclic) bond motifs is 4. The zero-order valence-electron chi connectivity index (χ0n) is 38.0. The first-order valence-corrected chi connectivity index (χ1v) is 22.3. The maximum atomic E-state index is 15.1. The molecule has 4 aromatic carbocycles. The number of nitrogens with one attached hydrogen (secondary N) is 3. The van der Waals surface area contributed by atoms with Crippen LogP contribution in [0.15, 0.2) is 73.3 Å². The van der Waals surface area contributed by atoms with Crippen molar-refractivity contribution in [3.63, 3.8) is 0 Å². The number of likely N-dealkylation sites (tertiary alicyclic amines) is 1. The van der Waals surface area contributed by atoms with Gasteiger partial charge in [0.2, 0.25) is 17.7 Å². The maximum absolute atomic E-state index is 15.1. The average Bonchev–Trinajstić information content (AvgIpc) is 3.94. The Kier molecular flexibility index (Phi) is 13.2. The van der Waals surface area contributed by atoms with Gasteiger partial charge in [0.1, 0.15) is 12.7 Å². The molecule has 15 nitrogen and oxygen atoms in total. The molecule has 1 amide bonds. The first-order valence-electron chi connectivity index (χ1n) is 22.3. The van der Waals surface area contributed by atoms with E-state index < -0.39 is 11.6 Å². The first kappa shape index (κ1) is 44.9. The molecule has 67 heavy (non-hydrogen) atoms. The van der Waals surface area contributed by atoms with Crippen LogP contribution in [-0.4, -0.2) is 94.3 Å². The van der Waals surface area contributed by atoms with Crippen LogP contribution >= 0.6 is 0 Å². The second-order valence-corrected chi connectivity index (χ2v) is 16.9. The molecule has 0 saturated carbocycles. The molecule has 2 aliphatic rings. The Balaban J connectivity index is 0.000000169. The van der Waals surface area contributed by atoms with Crippen molar-refractivity contribution in [3.05, 3.63) is 96.3 Å². The van der Waals surface area contributed by atoms with Crippen molar-refractivity contribution in [3.8, 4) is 46.3 Å². The van der Waals surface area contributed by atoms with Crippen molar-refractivity contribution in [1.82, 2.24) is 40.1 Å². The van der Waals surface area contributed by atoms with Crippen molar-refractivity contribution in [1.29, 1.82) is 0 Å². The molecule has 2 aliphatic heterocycles. The quantitative estimate of drug-likeness (QED) is 0.106. The fourth-order valence-electron chi connectivity index (χ4n) is 8.61. The molecule has 6 heterocycles. The van der Waals surface area contributed by atoms with E-state index in [0.717, 1.165) is 68.8 Å². The minimum absolute atomic E-state index is 0.0766. The van der Waals surface area contributed by atoms with Gasteiger partial charge < -0.3 is 48.6 Å². The van der Waals surface area contributed by atoms with Crippen LogP contribution in [0.1, 0.15) is 44.0 Å². The lowest BCUT2D eigenvalue weighted by molar-refractivity contribution is -0.130. The smallest absolute Gasteiger partial charge is 0.230 e. The summed E-state index contributed by atoms with van der Waals surface area (Å²) in [4.78, 5) is 36.8. The van der Waals surface area contributed by atoms with E-state index in [9.17, 15) is 4.79 Å². The van der Waals surface area contributed by atoms with Crippen LogP contribution < -0.4 is 33.7 Å². The van der Waals surface area contributed by atoms with Gasteiger partial charge in [-0.1, -0.05) is 0 Å². The number of rotatable bonds is 12. The SMILES string of the molecule is COc1cc2c(Oc3ccc4[nH]c(C)cc4c3F)ncnc2cc1OCC1CCN(C(C)=O)CC1.COc1cc2c(Oc3ccc4[nH]c(C)cc4c3F)ncnc2cc1OCC1CCNCC1. The molecule has 10 rings (SSSR count). The summed E-state index contributed by atoms with van der Waals surface area (Å²) in [6, 6.07) is 17.4. The van der Waals surface area contributed by atoms with Crippen LogP contribution in [0.2, 0.25) is 0 Å². The van der Waals surface area contributed by atoms with Crippen molar-refractivity contribution in [2.75, 3.05) is 53.6 Å². The van der Waals surface area contributed by atoms with E-state index in [-0.39, 0.29) is 29.2 Å². The van der Waals surface area contributed by atoms with Crippen LogP contribution in [0.3, 0.4) is 0 Å². The van der Waals surface area contributed by atoms with Gasteiger partial charge in [0.25, 0.3) is 0 Å². The Morgan fingerprint density at radius 3 is 1.52 bits per heavy atom. The Labute approximate surface area is 385 Å². The molecule has 8 aromatic rings. The van der Waals surface area contributed by atoms with E-state index in [1.165, 1.54) is 12.7 Å². The highest BCUT2D eigenvalue weighted by Gasteiger charge is 2.23. The zero-order valence-corrected chi connectivity index (χ0v) is 38.0. The normalized spacial score (nSPS) is 14.6. The summed E-state index contributed by atoms with van der Waals surface area (Å²) < 4.78 is 65.2. The predicted octanol–water partition coefficient (Wildman–Crippen LogP) is 9.73. The number of aromatic nitrogens is 6. The number of halogens is 2. The Bertz CT molecular complexity index is 3070. The molecule has 0 atom stereocenters. The topological polar surface area (TPSA) is 171 Å². The van der Waals surface area contributed by atoms with Gasteiger partial charge in [-0.25, -0.2) is 28.7 Å².